The lowest BCUT2D eigenvalue weighted by Gasteiger charge is -2.32. The molecule has 3 atom stereocenters. The van der Waals surface area contributed by atoms with Crippen LogP contribution < -0.4 is 0 Å². The summed E-state index contributed by atoms with van der Waals surface area (Å²) in [5.74, 6) is 1.85. The third-order valence-electron chi connectivity index (χ3n) is 6.20. The van der Waals surface area contributed by atoms with Crippen LogP contribution in [-0.4, -0.2) is 54.8 Å². The van der Waals surface area contributed by atoms with Crippen molar-refractivity contribution < 1.29 is 0 Å². The SMILES string of the molecule is CN1CCCC2CCCN(C)CCC(C)(S)CC(CCC1)CC2. The summed E-state index contributed by atoms with van der Waals surface area (Å²) in [6, 6.07) is 0. The van der Waals surface area contributed by atoms with Crippen LogP contribution in [0.15, 0.2) is 0 Å². The molecule has 23 heavy (non-hydrogen) atoms. The first kappa shape index (κ1) is 19.6. The van der Waals surface area contributed by atoms with Crippen molar-refractivity contribution in [3.05, 3.63) is 0 Å². The molecule has 0 N–H and O–H groups in total. The average molecular weight is 341 g/mol. The van der Waals surface area contributed by atoms with Gasteiger partial charge in [-0.1, -0.05) is 19.8 Å². The van der Waals surface area contributed by atoms with Crippen LogP contribution in [-0.2, 0) is 0 Å². The highest BCUT2D eigenvalue weighted by Gasteiger charge is 2.26. The maximum atomic E-state index is 5.06. The fourth-order valence-corrected chi connectivity index (χ4v) is 4.94. The highest BCUT2D eigenvalue weighted by Crippen LogP contribution is 2.35. The molecule has 0 aromatic rings. The molecule has 2 heterocycles. The van der Waals surface area contributed by atoms with E-state index in [1.165, 1.54) is 90.4 Å². The minimum Gasteiger partial charge on any atom is -0.306 e. The second kappa shape index (κ2) is 9.68. The van der Waals surface area contributed by atoms with Gasteiger partial charge in [0, 0.05) is 4.75 Å². The second-order valence-electron chi connectivity index (χ2n) is 8.79. The largest absolute Gasteiger partial charge is 0.306 e. The van der Waals surface area contributed by atoms with Crippen molar-refractivity contribution in [2.75, 3.05) is 40.3 Å². The van der Waals surface area contributed by atoms with Crippen LogP contribution >= 0.6 is 12.6 Å². The summed E-state index contributed by atoms with van der Waals surface area (Å²) in [6.07, 6.45) is 13.9. The van der Waals surface area contributed by atoms with Crippen LogP contribution in [0.4, 0.5) is 0 Å². The van der Waals surface area contributed by atoms with Crippen molar-refractivity contribution in [2.45, 2.75) is 75.9 Å². The van der Waals surface area contributed by atoms with E-state index in [9.17, 15) is 0 Å². The molecule has 2 aliphatic heterocycles. The maximum Gasteiger partial charge on any atom is 0.0116 e. The summed E-state index contributed by atoms with van der Waals surface area (Å²) < 4.78 is 0.208. The zero-order valence-corrected chi connectivity index (χ0v) is 16.8. The van der Waals surface area contributed by atoms with Gasteiger partial charge >= 0.3 is 0 Å². The van der Waals surface area contributed by atoms with E-state index in [4.69, 9.17) is 12.6 Å². The first-order chi connectivity index (χ1) is 10.9. The molecule has 0 spiro atoms. The normalized spacial score (nSPS) is 37.6. The summed E-state index contributed by atoms with van der Waals surface area (Å²) in [4.78, 5) is 5.10. The van der Waals surface area contributed by atoms with Crippen molar-refractivity contribution in [1.29, 1.82) is 0 Å². The third kappa shape index (κ3) is 7.79. The zero-order chi connectivity index (χ0) is 16.7. The molecule has 2 aliphatic rings. The minimum atomic E-state index is 0.208. The fourth-order valence-electron chi connectivity index (χ4n) is 4.58. The van der Waals surface area contributed by atoms with E-state index in [0.29, 0.717) is 0 Å². The van der Waals surface area contributed by atoms with Crippen LogP contribution in [0.3, 0.4) is 0 Å². The van der Waals surface area contributed by atoms with E-state index < -0.39 is 0 Å². The van der Waals surface area contributed by atoms with E-state index in [1.54, 1.807) is 0 Å². The Labute approximate surface area is 150 Å². The van der Waals surface area contributed by atoms with Crippen LogP contribution in [0.25, 0.3) is 0 Å². The topological polar surface area (TPSA) is 6.48 Å². The molecular formula is C20H40N2S. The molecule has 0 aliphatic carbocycles. The number of hydrogen-bond acceptors (Lipinski definition) is 3. The maximum absolute atomic E-state index is 5.06. The summed E-state index contributed by atoms with van der Waals surface area (Å²) >= 11 is 5.06. The Hall–Kier alpha value is 0.270. The molecule has 2 nitrogen and oxygen atoms in total. The predicted molar refractivity (Wildman–Crippen MR) is 106 cm³/mol. The molecule has 2 saturated heterocycles. The second-order valence-corrected chi connectivity index (χ2v) is 9.87. The number of fused-ring (bicyclic) bond motifs is 3. The van der Waals surface area contributed by atoms with E-state index in [0.717, 1.165) is 11.8 Å². The van der Waals surface area contributed by atoms with Gasteiger partial charge in [0.25, 0.3) is 0 Å². The predicted octanol–water partition coefficient (Wildman–Crippen LogP) is 4.70. The first-order valence-corrected chi connectivity index (χ1v) is 10.5. The fraction of sp³-hybridized carbons (Fsp3) is 1.00. The monoisotopic (exact) mass is 340 g/mol. The first-order valence-electron chi connectivity index (χ1n) is 10.0. The summed E-state index contributed by atoms with van der Waals surface area (Å²) in [6.45, 7) is 7.44. The zero-order valence-electron chi connectivity index (χ0n) is 15.9. The van der Waals surface area contributed by atoms with Gasteiger partial charge in [-0.25, -0.2) is 0 Å². The van der Waals surface area contributed by atoms with Gasteiger partial charge in [0.15, 0.2) is 0 Å². The van der Waals surface area contributed by atoms with Gasteiger partial charge in [0.1, 0.15) is 0 Å². The van der Waals surface area contributed by atoms with Crippen molar-refractivity contribution >= 4 is 12.6 Å². The van der Waals surface area contributed by atoms with Crippen molar-refractivity contribution in [2.24, 2.45) is 11.8 Å². The summed E-state index contributed by atoms with van der Waals surface area (Å²) in [5, 5.41) is 0. The number of thiol groups is 1. The van der Waals surface area contributed by atoms with Gasteiger partial charge in [-0.15, -0.1) is 0 Å². The summed E-state index contributed by atoms with van der Waals surface area (Å²) in [7, 11) is 4.61. The Morgan fingerprint density at radius 1 is 0.739 bits per heavy atom. The van der Waals surface area contributed by atoms with Gasteiger partial charge < -0.3 is 9.80 Å². The van der Waals surface area contributed by atoms with Crippen LogP contribution in [0.5, 0.6) is 0 Å². The molecule has 3 heteroatoms. The molecule has 0 amide bonds. The molecule has 0 radical (unpaired) electrons. The Balaban J connectivity index is 2.05. The number of nitrogens with zero attached hydrogens (tertiary/aromatic N) is 2. The molecular weight excluding hydrogens is 300 g/mol. The van der Waals surface area contributed by atoms with Gasteiger partial charge in [-0.2, -0.15) is 12.6 Å². The van der Waals surface area contributed by atoms with E-state index >= 15 is 0 Å². The van der Waals surface area contributed by atoms with E-state index in [2.05, 4.69) is 30.8 Å². The smallest absolute Gasteiger partial charge is 0.0116 e. The Bertz CT molecular complexity index is 332. The van der Waals surface area contributed by atoms with E-state index in [-0.39, 0.29) is 4.75 Å². The van der Waals surface area contributed by atoms with Gasteiger partial charge in [-0.3, -0.25) is 0 Å². The standard InChI is InChI=1S/C20H40N2S/c1-20(23)12-16-22(3)15-5-8-18-7-4-13-21(2)14-6-9-19(17-20)11-10-18/h18-19,23H,4-17H2,1-3H3. The Morgan fingerprint density at radius 2 is 1.22 bits per heavy atom. The lowest BCUT2D eigenvalue weighted by atomic mass is 9.82. The summed E-state index contributed by atoms with van der Waals surface area (Å²) in [5.41, 5.74) is 0. The van der Waals surface area contributed by atoms with Crippen LogP contribution in [0.1, 0.15) is 71.1 Å². The van der Waals surface area contributed by atoms with Crippen molar-refractivity contribution in [3.8, 4) is 0 Å². The molecule has 2 fully saturated rings. The lowest BCUT2D eigenvalue weighted by molar-refractivity contribution is 0.250. The van der Waals surface area contributed by atoms with Gasteiger partial charge in [-0.05, 0) is 103 Å². The van der Waals surface area contributed by atoms with Crippen molar-refractivity contribution in [1.82, 2.24) is 9.80 Å². The third-order valence-corrected chi connectivity index (χ3v) is 6.61. The molecule has 0 saturated carbocycles. The molecule has 3 unspecified atom stereocenters. The van der Waals surface area contributed by atoms with Crippen molar-refractivity contribution in [3.63, 3.8) is 0 Å². The number of hydrogen-bond donors (Lipinski definition) is 1. The molecule has 0 aromatic heterocycles. The van der Waals surface area contributed by atoms with Crippen LogP contribution in [0.2, 0.25) is 0 Å². The quantitative estimate of drug-likeness (QED) is 0.639. The van der Waals surface area contributed by atoms with Gasteiger partial charge in [0.05, 0.1) is 0 Å². The minimum absolute atomic E-state index is 0.208. The number of rotatable bonds is 0. The molecule has 2 bridgehead atoms. The van der Waals surface area contributed by atoms with E-state index in [1.807, 2.05) is 0 Å². The highest BCUT2D eigenvalue weighted by molar-refractivity contribution is 7.81. The van der Waals surface area contributed by atoms with Gasteiger partial charge in [0.2, 0.25) is 0 Å². The van der Waals surface area contributed by atoms with Crippen LogP contribution in [0, 0.1) is 11.8 Å². The Morgan fingerprint density at radius 3 is 1.83 bits per heavy atom. The molecule has 2 rings (SSSR count). The molecule has 0 aromatic carbocycles. The lowest BCUT2D eigenvalue weighted by Crippen LogP contribution is -2.30. The highest BCUT2D eigenvalue weighted by atomic mass is 32.1. The Kier molecular flexibility index (Phi) is 8.24. The average Bonchev–Trinajstić information content (AvgIpc) is 2.51. The molecule has 136 valence electrons.